The molecule has 2 atom stereocenters. The molecular weight excluding hydrogens is 655 g/mol. The SMILES string of the molecule is C=C/C=C\C=C/CC1(C)CC(c2ccc3c(ccc4oc5ccccc5c43)c2)=CCC1N(c1ccc(-c2ccccc2)cc1)c1ccc2ccccc2c1. The molecule has 0 amide bonds. The zero-order valence-corrected chi connectivity index (χ0v) is 30.7. The number of rotatable bonds is 9. The number of allylic oxidation sites excluding steroid dienone is 6. The molecule has 1 aliphatic carbocycles. The van der Waals surface area contributed by atoms with Gasteiger partial charge in [0.25, 0.3) is 0 Å². The van der Waals surface area contributed by atoms with Crippen molar-refractivity contribution in [3.63, 3.8) is 0 Å². The van der Waals surface area contributed by atoms with Gasteiger partial charge in [0.15, 0.2) is 0 Å². The molecule has 1 heterocycles. The highest BCUT2D eigenvalue weighted by Gasteiger charge is 2.41. The first-order chi connectivity index (χ1) is 26.6. The quantitative estimate of drug-likeness (QED) is 0.140. The summed E-state index contributed by atoms with van der Waals surface area (Å²) in [4.78, 5) is 2.61. The standard InChI is InChI=1S/C52H43NO/c1-3-4-5-6-14-33-52(2)36-43(41-24-30-46-42(34-41)25-31-49-51(46)47-19-12-13-20-48(47)54-49)26-32-50(52)53(45-29-23-38-17-10-11-18-40(38)35-45)44-27-21-39(22-28-44)37-15-8-7-9-16-37/h3-31,34-35,50H,1,32-33,36H2,2H3/b5-4-,14-6-. The van der Waals surface area contributed by atoms with Crippen LogP contribution in [-0.4, -0.2) is 6.04 Å². The molecule has 9 rings (SSSR count). The molecule has 0 aliphatic heterocycles. The van der Waals surface area contributed by atoms with Crippen LogP contribution in [-0.2, 0) is 0 Å². The van der Waals surface area contributed by atoms with Crippen LogP contribution in [0.1, 0.15) is 31.7 Å². The van der Waals surface area contributed by atoms with Crippen molar-refractivity contribution in [2.45, 2.75) is 32.2 Å². The number of benzene rings is 7. The average Bonchev–Trinajstić information content (AvgIpc) is 3.61. The molecule has 2 heteroatoms. The van der Waals surface area contributed by atoms with E-state index in [1.165, 1.54) is 66.0 Å². The normalized spacial score (nSPS) is 17.6. The summed E-state index contributed by atoms with van der Waals surface area (Å²) in [5, 5.41) is 7.34. The molecule has 7 aromatic carbocycles. The van der Waals surface area contributed by atoms with Crippen molar-refractivity contribution in [1.29, 1.82) is 0 Å². The number of para-hydroxylation sites is 1. The second-order valence-corrected chi connectivity index (χ2v) is 14.9. The van der Waals surface area contributed by atoms with Crippen molar-refractivity contribution in [2.75, 3.05) is 4.90 Å². The second-order valence-electron chi connectivity index (χ2n) is 14.9. The van der Waals surface area contributed by atoms with Crippen molar-refractivity contribution < 1.29 is 4.42 Å². The van der Waals surface area contributed by atoms with Gasteiger partial charge in [0.2, 0.25) is 0 Å². The lowest BCUT2D eigenvalue weighted by Crippen LogP contribution is -2.46. The molecule has 0 radical (unpaired) electrons. The van der Waals surface area contributed by atoms with Gasteiger partial charge in [-0.15, -0.1) is 0 Å². The second kappa shape index (κ2) is 14.2. The number of anilines is 2. The molecule has 1 aromatic heterocycles. The van der Waals surface area contributed by atoms with Gasteiger partial charge in [-0.25, -0.2) is 0 Å². The van der Waals surface area contributed by atoms with Gasteiger partial charge >= 0.3 is 0 Å². The maximum Gasteiger partial charge on any atom is 0.136 e. The zero-order valence-electron chi connectivity index (χ0n) is 30.7. The summed E-state index contributed by atoms with van der Waals surface area (Å²) in [5.41, 5.74) is 9.34. The molecule has 0 N–H and O–H groups in total. The third-order valence-corrected chi connectivity index (χ3v) is 11.4. The topological polar surface area (TPSA) is 16.4 Å². The third-order valence-electron chi connectivity index (χ3n) is 11.4. The van der Waals surface area contributed by atoms with E-state index in [0.29, 0.717) is 0 Å². The fraction of sp³-hybridized carbons (Fsp3) is 0.115. The minimum atomic E-state index is -0.0912. The highest BCUT2D eigenvalue weighted by atomic mass is 16.3. The number of fused-ring (bicyclic) bond motifs is 6. The number of hydrogen-bond acceptors (Lipinski definition) is 2. The van der Waals surface area contributed by atoms with Crippen LogP contribution in [0.25, 0.3) is 60.2 Å². The smallest absolute Gasteiger partial charge is 0.136 e. The van der Waals surface area contributed by atoms with Crippen LogP contribution in [0.3, 0.4) is 0 Å². The molecular formula is C52H43NO. The van der Waals surface area contributed by atoms with Gasteiger partial charge in [-0.2, -0.15) is 0 Å². The Morgan fingerprint density at radius 3 is 2.20 bits per heavy atom. The van der Waals surface area contributed by atoms with Crippen molar-refractivity contribution >= 4 is 60.4 Å². The summed E-state index contributed by atoms with van der Waals surface area (Å²) in [5.74, 6) is 0. The molecule has 8 aromatic rings. The molecule has 54 heavy (non-hydrogen) atoms. The molecule has 262 valence electrons. The van der Waals surface area contributed by atoms with Crippen LogP contribution in [0.2, 0.25) is 0 Å². The summed E-state index contributed by atoms with van der Waals surface area (Å²) >= 11 is 0. The van der Waals surface area contributed by atoms with Crippen molar-refractivity contribution in [3.8, 4) is 11.1 Å². The van der Waals surface area contributed by atoms with Gasteiger partial charge in [0, 0.05) is 28.2 Å². The molecule has 1 aliphatic rings. The monoisotopic (exact) mass is 697 g/mol. The highest BCUT2D eigenvalue weighted by molar-refractivity contribution is 6.19. The van der Waals surface area contributed by atoms with E-state index < -0.39 is 0 Å². The Morgan fingerprint density at radius 2 is 1.35 bits per heavy atom. The van der Waals surface area contributed by atoms with Crippen molar-refractivity contribution in [2.24, 2.45) is 5.41 Å². The number of hydrogen-bond donors (Lipinski definition) is 0. The fourth-order valence-electron chi connectivity index (χ4n) is 8.60. The van der Waals surface area contributed by atoms with Crippen LogP contribution in [0.4, 0.5) is 11.4 Å². The largest absolute Gasteiger partial charge is 0.456 e. The summed E-state index contributed by atoms with van der Waals surface area (Å²) in [7, 11) is 0. The molecule has 2 unspecified atom stereocenters. The molecule has 0 fully saturated rings. The van der Waals surface area contributed by atoms with Gasteiger partial charge in [0.05, 0.1) is 0 Å². The van der Waals surface area contributed by atoms with Gasteiger partial charge in [-0.3, -0.25) is 0 Å². The van der Waals surface area contributed by atoms with Crippen LogP contribution < -0.4 is 4.90 Å². The average molecular weight is 698 g/mol. The Morgan fingerprint density at radius 1 is 0.630 bits per heavy atom. The molecule has 0 saturated heterocycles. The van der Waals surface area contributed by atoms with Crippen LogP contribution in [0.5, 0.6) is 0 Å². The predicted molar refractivity (Wildman–Crippen MR) is 231 cm³/mol. The lowest BCUT2D eigenvalue weighted by molar-refractivity contribution is 0.253. The van der Waals surface area contributed by atoms with Gasteiger partial charge in [-0.1, -0.05) is 159 Å². The Hall–Kier alpha value is -6.38. The Kier molecular flexibility index (Phi) is 8.81. The van der Waals surface area contributed by atoms with Crippen molar-refractivity contribution in [1.82, 2.24) is 0 Å². The lowest BCUT2D eigenvalue weighted by atomic mass is 9.67. The van der Waals surface area contributed by atoms with Gasteiger partial charge in [0.1, 0.15) is 11.2 Å². The Balaban J connectivity index is 1.15. The first-order valence-corrected chi connectivity index (χ1v) is 19.0. The van der Waals surface area contributed by atoms with Gasteiger partial charge < -0.3 is 9.32 Å². The first kappa shape index (κ1) is 33.5. The predicted octanol–water partition coefficient (Wildman–Crippen LogP) is 14.6. The van der Waals surface area contributed by atoms with Crippen molar-refractivity contribution in [3.05, 3.63) is 200 Å². The number of nitrogens with zero attached hydrogens (tertiary/aromatic N) is 1. The van der Waals surface area contributed by atoms with E-state index in [9.17, 15) is 0 Å². The lowest BCUT2D eigenvalue weighted by Gasteiger charge is -2.48. The minimum Gasteiger partial charge on any atom is -0.456 e. The van der Waals surface area contributed by atoms with Crippen LogP contribution >= 0.6 is 0 Å². The maximum atomic E-state index is 6.22. The zero-order chi connectivity index (χ0) is 36.5. The Bertz CT molecular complexity index is 2730. The Labute approximate surface area is 317 Å². The van der Waals surface area contributed by atoms with Crippen LogP contribution in [0, 0.1) is 5.41 Å². The molecule has 0 spiro atoms. The number of furan rings is 1. The van der Waals surface area contributed by atoms with E-state index in [4.69, 9.17) is 4.42 Å². The van der Waals surface area contributed by atoms with E-state index in [0.717, 1.165) is 30.4 Å². The van der Waals surface area contributed by atoms with E-state index in [1.807, 2.05) is 18.2 Å². The van der Waals surface area contributed by atoms with E-state index in [2.05, 4.69) is 188 Å². The highest BCUT2D eigenvalue weighted by Crippen LogP contribution is 2.49. The summed E-state index contributed by atoms with van der Waals surface area (Å²) in [6.07, 6.45) is 15.7. The third kappa shape index (κ3) is 6.24. The summed E-state index contributed by atoms with van der Waals surface area (Å²) in [6, 6.07) is 55.3. The molecule has 0 bridgehead atoms. The fourth-order valence-corrected chi connectivity index (χ4v) is 8.60. The summed E-state index contributed by atoms with van der Waals surface area (Å²) in [6.45, 7) is 6.35. The van der Waals surface area contributed by atoms with E-state index in [1.54, 1.807) is 0 Å². The van der Waals surface area contributed by atoms with Crippen LogP contribution in [0.15, 0.2) is 199 Å². The first-order valence-electron chi connectivity index (χ1n) is 19.0. The minimum absolute atomic E-state index is 0.0912. The molecule has 2 nitrogen and oxygen atoms in total. The van der Waals surface area contributed by atoms with Gasteiger partial charge in [-0.05, 0) is 111 Å². The van der Waals surface area contributed by atoms with E-state index in [-0.39, 0.29) is 11.5 Å². The van der Waals surface area contributed by atoms with E-state index >= 15 is 0 Å². The summed E-state index contributed by atoms with van der Waals surface area (Å²) < 4.78 is 6.22. The maximum absolute atomic E-state index is 6.22. The molecule has 0 saturated carbocycles.